The van der Waals surface area contributed by atoms with E-state index in [0.717, 1.165) is 31.5 Å². The number of nitrogens with zero attached hydrogens (tertiary/aromatic N) is 1. The van der Waals surface area contributed by atoms with Crippen LogP contribution in [0.5, 0.6) is 5.75 Å². The molecular weight excluding hydrogens is 226 g/mol. The van der Waals surface area contributed by atoms with Gasteiger partial charge >= 0.3 is 0 Å². The van der Waals surface area contributed by atoms with E-state index in [9.17, 15) is 10.2 Å². The molecule has 1 aromatic carbocycles. The average Bonchev–Trinajstić information content (AvgIpc) is 2.71. The van der Waals surface area contributed by atoms with Crippen LogP contribution in [0.3, 0.4) is 0 Å². The molecule has 18 heavy (non-hydrogen) atoms. The largest absolute Gasteiger partial charge is 0.508 e. The van der Waals surface area contributed by atoms with E-state index in [1.165, 1.54) is 12.8 Å². The molecule has 1 aromatic rings. The van der Waals surface area contributed by atoms with E-state index >= 15 is 0 Å². The van der Waals surface area contributed by atoms with Gasteiger partial charge in [0.15, 0.2) is 0 Å². The number of hydrogen-bond donors (Lipinski definition) is 2. The van der Waals surface area contributed by atoms with Crippen molar-refractivity contribution in [3.63, 3.8) is 0 Å². The lowest BCUT2D eigenvalue weighted by Crippen LogP contribution is -2.48. The third kappa shape index (κ3) is 2.13. The molecule has 0 radical (unpaired) electrons. The van der Waals surface area contributed by atoms with Crippen LogP contribution in [-0.2, 0) is 6.42 Å². The van der Waals surface area contributed by atoms with Crippen LogP contribution in [0.4, 0.5) is 0 Å². The fraction of sp³-hybridized carbons (Fsp3) is 0.600. The molecule has 98 valence electrons. The molecular formula is C15H21NO2. The highest BCUT2D eigenvalue weighted by Gasteiger charge is 2.46. The highest BCUT2D eigenvalue weighted by atomic mass is 16.3. The Morgan fingerprint density at radius 2 is 1.94 bits per heavy atom. The molecule has 3 rings (SSSR count). The summed E-state index contributed by atoms with van der Waals surface area (Å²) in [5.41, 5.74) is 0.542. The summed E-state index contributed by atoms with van der Waals surface area (Å²) in [5, 5.41) is 20.2. The molecule has 0 aliphatic carbocycles. The lowest BCUT2D eigenvalue weighted by atomic mass is 9.84. The quantitative estimate of drug-likeness (QED) is 0.839. The maximum atomic E-state index is 10.9. The molecule has 2 aliphatic rings. The van der Waals surface area contributed by atoms with Gasteiger partial charge in [-0.15, -0.1) is 0 Å². The zero-order chi connectivity index (χ0) is 12.6. The van der Waals surface area contributed by atoms with Crippen LogP contribution in [0.25, 0.3) is 0 Å². The van der Waals surface area contributed by atoms with Gasteiger partial charge in [0.05, 0.1) is 5.60 Å². The Morgan fingerprint density at radius 1 is 1.17 bits per heavy atom. The predicted octanol–water partition coefficient (Wildman–Crippen LogP) is 1.92. The summed E-state index contributed by atoms with van der Waals surface area (Å²) in [6.45, 7) is 2.17. The Balaban J connectivity index is 1.76. The van der Waals surface area contributed by atoms with Crippen LogP contribution in [0, 0.1) is 0 Å². The summed E-state index contributed by atoms with van der Waals surface area (Å²) in [6, 6.07) is 7.57. The molecule has 2 aliphatic heterocycles. The van der Waals surface area contributed by atoms with Crippen molar-refractivity contribution in [3.8, 4) is 5.75 Å². The second-order valence-electron chi connectivity index (χ2n) is 5.74. The minimum absolute atomic E-state index is 0.288. The second kappa shape index (κ2) is 4.56. The molecule has 2 saturated heterocycles. The lowest BCUT2D eigenvalue weighted by molar-refractivity contribution is -0.00886. The molecule has 2 unspecified atom stereocenters. The van der Waals surface area contributed by atoms with Gasteiger partial charge in [-0.05, 0) is 43.5 Å². The summed E-state index contributed by atoms with van der Waals surface area (Å²) in [6.07, 6.45) is 5.20. The molecule has 3 heteroatoms. The van der Waals surface area contributed by atoms with Gasteiger partial charge < -0.3 is 10.2 Å². The Labute approximate surface area is 108 Å². The van der Waals surface area contributed by atoms with E-state index in [2.05, 4.69) is 4.90 Å². The van der Waals surface area contributed by atoms with Crippen molar-refractivity contribution in [1.29, 1.82) is 0 Å². The number of phenolic OH excluding ortho intramolecular Hbond substituents is 1. The van der Waals surface area contributed by atoms with Crippen molar-refractivity contribution in [2.24, 2.45) is 0 Å². The lowest BCUT2D eigenvalue weighted by Gasteiger charge is -2.37. The normalized spacial score (nSPS) is 32.4. The predicted molar refractivity (Wildman–Crippen MR) is 70.6 cm³/mol. The Hall–Kier alpha value is -1.06. The summed E-state index contributed by atoms with van der Waals surface area (Å²) in [4.78, 5) is 2.45. The van der Waals surface area contributed by atoms with Crippen LogP contribution in [0.2, 0.25) is 0 Å². The van der Waals surface area contributed by atoms with Crippen molar-refractivity contribution >= 4 is 0 Å². The summed E-state index contributed by atoms with van der Waals surface area (Å²) in [5.74, 6) is 0.288. The minimum Gasteiger partial charge on any atom is -0.508 e. The van der Waals surface area contributed by atoms with Crippen LogP contribution < -0.4 is 0 Å². The minimum atomic E-state index is -0.572. The smallest absolute Gasteiger partial charge is 0.115 e. The van der Waals surface area contributed by atoms with Gasteiger partial charge in [0.2, 0.25) is 0 Å². The van der Waals surface area contributed by atoms with Crippen molar-refractivity contribution in [1.82, 2.24) is 4.90 Å². The van der Waals surface area contributed by atoms with Gasteiger partial charge in [0.25, 0.3) is 0 Å². The van der Waals surface area contributed by atoms with Crippen molar-refractivity contribution in [2.45, 2.75) is 43.7 Å². The molecule has 0 spiro atoms. The summed E-state index contributed by atoms with van der Waals surface area (Å²) < 4.78 is 0. The number of aromatic hydroxyl groups is 1. The van der Waals surface area contributed by atoms with E-state index < -0.39 is 5.60 Å². The van der Waals surface area contributed by atoms with E-state index in [0.29, 0.717) is 12.5 Å². The SMILES string of the molecule is Oc1ccc(CC2(O)CCN3CCCCC32)cc1. The van der Waals surface area contributed by atoms with Gasteiger partial charge in [-0.25, -0.2) is 0 Å². The molecule has 0 aromatic heterocycles. The first-order valence-corrected chi connectivity index (χ1v) is 6.92. The van der Waals surface area contributed by atoms with E-state index in [1.54, 1.807) is 12.1 Å². The van der Waals surface area contributed by atoms with Gasteiger partial charge in [0.1, 0.15) is 5.75 Å². The number of rotatable bonds is 2. The zero-order valence-electron chi connectivity index (χ0n) is 10.7. The highest BCUT2D eigenvalue weighted by molar-refractivity contribution is 5.27. The standard InChI is InChI=1S/C15H21NO2/c17-13-6-4-12(5-7-13)11-15(18)8-10-16-9-2-1-3-14(15)16/h4-7,14,17-18H,1-3,8-11H2. The molecule has 2 N–H and O–H groups in total. The van der Waals surface area contributed by atoms with Gasteiger partial charge in [-0.1, -0.05) is 18.6 Å². The number of phenols is 1. The number of piperidine rings is 1. The van der Waals surface area contributed by atoms with Crippen LogP contribution in [-0.4, -0.2) is 39.8 Å². The van der Waals surface area contributed by atoms with E-state index in [-0.39, 0.29) is 5.75 Å². The molecule has 0 saturated carbocycles. The van der Waals surface area contributed by atoms with Crippen LogP contribution in [0.1, 0.15) is 31.2 Å². The maximum Gasteiger partial charge on any atom is 0.115 e. The number of aliphatic hydroxyl groups is 1. The maximum absolute atomic E-state index is 10.9. The average molecular weight is 247 g/mol. The van der Waals surface area contributed by atoms with Crippen molar-refractivity contribution in [2.75, 3.05) is 13.1 Å². The molecule has 3 nitrogen and oxygen atoms in total. The topological polar surface area (TPSA) is 43.7 Å². The molecule has 2 heterocycles. The Bertz CT molecular complexity index is 417. The van der Waals surface area contributed by atoms with Crippen molar-refractivity contribution in [3.05, 3.63) is 29.8 Å². The fourth-order valence-corrected chi connectivity index (χ4v) is 3.54. The molecule has 2 fully saturated rings. The first-order valence-electron chi connectivity index (χ1n) is 6.92. The number of benzene rings is 1. The van der Waals surface area contributed by atoms with Gasteiger partial charge in [-0.3, -0.25) is 4.90 Å². The Kier molecular flexibility index (Phi) is 3.04. The third-order valence-electron chi connectivity index (χ3n) is 4.51. The van der Waals surface area contributed by atoms with Gasteiger partial charge in [-0.2, -0.15) is 0 Å². The van der Waals surface area contributed by atoms with Gasteiger partial charge in [0, 0.05) is 19.0 Å². The molecule has 0 amide bonds. The van der Waals surface area contributed by atoms with Crippen LogP contribution in [0.15, 0.2) is 24.3 Å². The number of hydrogen-bond acceptors (Lipinski definition) is 3. The van der Waals surface area contributed by atoms with E-state index in [1.807, 2.05) is 12.1 Å². The monoisotopic (exact) mass is 247 g/mol. The highest BCUT2D eigenvalue weighted by Crippen LogP contribution is 2.37. The summed E-state index contributed by atoms with van der Waals surface area (Å²) in [7, 11) is 0. The first kappa shape index (κ1) is 12.0. The second-order valence-corrected chi connectivity index (χ2v) is 5.74. The number of fused-ring (bicyclic) bond motifs is 1. The Morgan fingerprint density at radius 3 is 2.72 bits per heavy atom. The molecule has 2 atom stereocenters. The van der Waals surface area contributed by atoms with E-state index in [4.69, 9.17) is 0 Å². The third-order valence-corrected chi connectivity index (χ3v) is 4.51. The van der Waals surface area contributed by atoms with Crippen LogP contribution >= 0.6 is 0 Å². The summed E-state index contributed by atoms with van der Waals surface area (Å²) >= 11 is 0. The first-order chi connectivity index (χ1) is 8.67. The molecule has 0 bridgehead atoms. The van der Waals surface area contributed by atoms with Crippen molar-refractivity contribution < 1.29 is 10.2 Å². The fourth-order valence-electron chi connectivity index (χ4n) is 3.54. The zero-order valence-corrected chi connectivity index (χ0v) is 10.7.